The van der Waals surface area contributed by atoms with Crippen LogP contribution >= 0.6 is 27.5 Å². The molecule has 0 saturated carbocycles. The van der Waals surface area contributed by atoms with Crippen LogP contribution < -0.4 is 5.32 Å². The Morgan fingerprint density at radius 2 is 2.20 bits per heavy atom. The van der Waals surface area contributed by atoms with E-state index in [0.29, 0.717) is 10.0 Å². The monoisotopic (exact) mass is 357 g/mol. The Hall–Kier alpha value is -0.850. The molecule has 1 heterocycles. The summed E-state index contributed by atoms with van der Waals surface area (Å²) in [5.74, 6) is -0.225. The quantitative estimate of drug-likeness (QED) is 0.845. The van der Waals surface area contributed by atoms with E-state index in [9.17, 15) is 4.39 Å². The molecule has 1 atom stereocenters. The van der Waals surface area contributed by atoms with Crippen molar-refractivity contribution in [3.8, 4) is 0 Å². The number of hydrogen-bond acceptors (Lipinski definition) is 4. The lowest BCUT2D eigenvalue weighted by Gasteiger charge is -2.19. The third-order valence-corrected chi connectivity index (χ3v) is 4.52. The van der Waals surface area contributed by atoms with E-state index < -0.39 is 0 Å². The van der Waals surface area contributed by atoms with Crippen molar-refractivity contribution in [2.75, 3.05) is 6.54 Å². The average molecular weight is 358 g/mol. The highest BCUT2D eigenvalue weighted by Gasteiger charge is 2.23. The van der Waals surface area contributed by atoms with Crippen LogP contribution in [-0.4, -0.2) is 16.1 Å². The van der Waals surface area contributed by atoms with Crippen LogP contribution in [0.2, 0.25) is 0 Å². The van der Waals surface area contributed by atoms with E-state index >= 15 is 0 Å². The van der Waals surface area contributed by atoms with Gasteiger partial charge in [0, 0.05) is 5.56 Å². The fourth-order valence-electron chi connectivity index (χ4n) is 2.06. The van der Waals surface area contributed by atoms with Crippen LogP contribution in [0.4, 0.5) is 4.39 Å². The van der Waals surface area contributed by atoms with Crippen LogP contribution in [-0.2, 0) is 6.42 Å². The largest absolute Gasteiger partial charge is 0.305 e. The number of aryl methyl sites for hydroxylation is 1. The van der Waals surface area contributed by atoms with E-state index in [-0.39, 0.29) is 11.9 Å². The first-order chi connectivity index (χ1) is 9.69. The number of nitrogens with zero attached hydrogens (tertiary/aromatic N) is 2. The van der Waals surface area contributed by atoms with Gasteiger partial charge in [0.25, 0.3) is 0 Å². The fourth-order valence-corrected chi connectivity index (χ4v) is 3.27. The third kappa shape index (κ3) is 3.24. The molecule has 1 aromatic carbocycles. The summed E-state index contributed by atoms with van der Waals surface area (Å²) >= 11 is 4.59. The molecule has 0 saturated heterocycles. The van der Waals surface area contributed by atoms with Crippen molar-refractivity contribution in [1.82, 2.24) is 14.9 Å². The second kappa shape index (κ2) is 7.24. The van der Waals surface area contributed by atoms with Crippen molar-refractivity contribution in [3.05, 3.63) is 44.6 Å². The van der Waals surface area contributed by atoms with Gasteiger partial charge in [-0.3, -0.25) is 0 Å². The smallest absolute Gasteiger partial charge is 0.142 e. The van der Waals surface area contributed by atoms with Crippen LogP contribution in [0.25, 0.3) is 0 Å². The van der Waals surface area contributed by atoms with E-state index in [0.717, 1.165) is 30.0 Å². The second-order valence-corrected chi connectivity index (χ2v) is 6.11. The molecule has 0 aliphatic heterocycles. The molecule has 2 rings (SSSR count). The Labute approximate surface area is 130 Å². The molecule has 2 aromatic rings. The van der Waals surface area contributed by atoms with Gasteiger partial charge in [-0.25, -0.2) is 4.39 Å². The van der Waals surface area contributed by atoms with Gasteiger partial charge in [-0.15, -0.1) is 5.10 Å². The van der Waals surface area contributed by atoms with Crippen LogP contribution in [0, 0.1) is 5.82 Å². The van der Waals surface area contributed by atoms with Gasteiger partial charge in [-0.2, -0.15) is 0 Å². The van der Waals surface area contributed by atoms with Crippen molar-refractivity contribution >= 4 is 27.5 Å². The number of rotatable bonds is 6. The number of nitrogens with one attached hydrogen (secondary N) is 1. The number of hydrogen-bond donors (Lipinski definition) is 1. The Balaban J connectivity index is 2.44. The highest BCUT2D eigenvalue weighted by molar-refractivity contribution is 9.10. The molecule has 0 aliphatic rings. The molecule has 20 heavy (non-hydrogen) atoms. The first kappa shape index (κ1) is 15.5. The molecule has 1 unspecified atom stereocenters. The summed E-state index contributed by atoms with van der Waals surface area (Å²) in [5.41, 5.74) is 1.57. The number of halogens is 2. The summed E-state index contributed by atoms with van der Waals surface area (Å²) in [6, 6.07) is 5.18. The van der Waals surface area contributed by atoms with Gasteiger partial charge in [0.15, 0.2) is 0 Å². The molecule has 0 radical (unpaired) electrons. The van der Waals surface area contributed by atoms with Crippen molar-refractivity contribution < 1.29 is 4.39 Å². The fraction of sp³-hybridized carbons (Fsp3) is 0.429. The maximum absolute atomic E-state index is 14.4. The highest BCUT2D eigenvalue weighted by atomic mass is 79.9. The number of aromatic nitrogens is 2. The van der Waals surface area contributed by atoms with Gasteiger partial charge in [0.2, 0.25) is 0 Å². The van der Waals surface area contributed by atoms with E-state index in [1.54, 1.807) is 6.07 Å². The van der Waals surface area contributed by atoms with Crippen LogP contribution in [0.3, 0.4) is 0 Å². The lowest BCUT2D eigenvalue weighted by atomic mass is 10.0. The van der Waals surface area contributed by atoms with Crippen molar-refractivity contribution in [1.29, 1.82) is 0 Å². The van der Waals surface area contributed by atoms with E-state index in [2.05, 4.69) is 37.8 Å². The molecular weight excluding hydrogens is 341 g/mol. The molecule has 6 heteroatoms. The summed E-state index contributed by atoms with van der Waals surface area (Å²) in [7, 11) is 0. The Morgan fingerprint density at radius 1 is 1.40 bits per heavy atom. The molecule has 0 spiro atoms. The van der Waals surface area contributed by atoms with Crippen LogP contribution in [0.5, 0.6) is 0 Å². The molecule has 0 bridgehead atoms. The highest BCUT2D eigenvalue weighted by Crippen LogP contribution is 2.31. The maximum atomic E-state index is 14.4. The predicted molar refractivity (Wildman–Crippen MR) is 83.5 cm³/mol. The predicted octanol–water partition coefficient (Wildman–Crippen LogP) is 4.09. The Kier molecular flexibility index (Phi) is 5.63. The molecular formula is C14H17BrFN3S. The summed E-state index contributed by atoms with van der Waals surface area (Å²) in [5, 5.41) is 7.54. The second-order valence-electron chi connectivity index (χ2n) is 4.47. The molecule has 1 N–H and O–H groups in total. The molecule has 1 aromatic heterocycles. The SMILES string of the molecule is CCCNC(c1cccc(Br)c1F)c1snnc1CC. The summed E-state index contributed by atoms with van der Waals surface area (Å²) in [6.45, 7) is 4.94. The molecule has 108 valence electrons. The zero-order valence-electron chi connectivity index (χ0n) is 11.5. The van der Waals surface area contributed by atoms with Gasteiger partial charge in [-0.05, 0) is 52.9 Å². The summed E-state index contributed by atoms with van der Waals surface area (Å²) in [6.07, 6.45) is 1.78. The summed E-state index contributed by atoms with van der Waals surface area (Å²) < 4.78 is 18.9. The average Bonchev–Trinajstić information content (AvgIpc) is 2.92. The lowest BCUT2D eigenvalue weighted by Crippen LogP contribution is -2.24. The van der Waals surface area contributed by atoms with Crippen molar-refractivity contribution in [2.24, 2.45) is 0 Å². The molecule has 0 aliphatic carbocycles. The van der Waals surface area contributed by atoms with Gasteiger partial charge in [0.1, 0.15) is 5.82 Å². The third-order valence-electron chi connectivity index (χ3n) is 3.07. The standard InChI is InChI=1S/C14H17BrFN3S/c1-3-8-17-13(14-11(4-2)18-19-20-14)9-6-5-7-10(15)12(9)16/h5-7,13,17H,3-4,8H2,1-2H3. The number of benzene rings is 1. The minimum atomic E-state index is -0.225. The van der Waals surface area contributed by atoms with Gasteiger partial charge >= 0.3 is 0 Å². The summed E-state index contributed by atoms with van der Waals surface area (Å²) in [4.78, 5) is 0.998. The molecule has 0 fully saturated rings. The zero-order valence-corrected chi connectivity index (χ0v) is 13.9. The van der Waals surface area contributed by atoms with Gasteiger partial charge < -0.3 is 5.32 Å². The Bertz CT molecular complexity index is 573. The van der Waals surface area contributed by atoms with Crippen molar-refractivity contribution in [3.63, 3.8) is 0 Å². The first-order valence-corrected chi connectivity index (χ1v) is 8.24. The maximum Gasteiger partial charge on any atom is 0.142 e. The van der Waals surface area contributed by atoms with E-state index in [1.807, 2.05) is 19.1 Å². The van der Waals surface area contributed by atoms with E-state index in [4.69, 9.17) is 0 Å². The van der Waals surface area contributed by atoms with Gasteiger partial charge in [-0.1, -0.05) is 30.5 Å². The Morgan fingerprint density at radius 3 is 2.90 bits per heavy atom. The molecule has 3 nitrogen and oxygen atoms in total. The molecule has 0 amide bonds. The van der Waals surface area contributed by atoms with E-state index in [1.165, 1.54) is 11.5 Å². The first-order valence-electron chi connectivity index (χ1n) is 6.67. The topological polar surface area (TPSA) is 37.8 Å². The minimum absolute atomic E-state index is 0.192. The lowest BCUT2D eigenvalue weighted by molar-refractivity contribution is 0.545. The van der Waals surface area contributed by atoms with Crippen LogP contribution in [0.15, 0.2) is 22.7 Å². The van der Waals surface area contributed by atoms with Gasteiger partial charge in [0.05, 0.1) is 21.1 Å². The zero-order chi connectivity index (χ0) is 14.5. The normalized spacial score (nSPS) is 12.6. The minimum Gasteiger partial charge on any atom is -0.305 e. The van der Waals surface area contributed by atoms with Crippen LogP contribution in [0.1, 0.15) is 42.4 Å². The van der Waals surface area contributed by atoms with Crippen molar-refractivity contribution in [2.45, 2.75) is 32.7 Å².